The fraction of sp³-hybridized carbons (Fsp3) is 0.488. The van der Waals surface area contributed by atoms with Crippen LogP contribution < -0.4 is 10.2 Å². The second-order valence-electron chi connectivity index (χ2n) is 16.2. The fourth-order valence-electron chi connectivity index (χ4n) is 9.93. The maximum absolute atomic E-state index is 16.3. The third-order valence-electron chi connectivity index (χ3n) is 12.7. The summed E-state index contributed by atoms with van der Waals surface area (Å²) in [6.45, 7) is 7.66. The standard InChI is InChI=1S/C43H51F3N4O5S/c1-3-40(51)47-34-11-6-12-35(24-34)56(53,54)36-14-15-39(38(45)25-36)50-27-42(46,28-50)26-49-20-16-31(17-21-49)43(29-48-18-7-19-48,32-9-5-10-33(44)23-32)37-13-4-8-30(37)22-41(52)55-2/h3,5-6,9-12,14-15,23-25,30-31,37H,1,4,7-8,13,16-22,26-29H2,2H3,(H,47,51)/t30-,37+,43+/m1/s1. The zero-order valence-electron chi connectivity index (χ0n) is 31.9. The number of rotatable bonds is 14. The molecule has 3 heterocycles. The first kappa shape index (κ1) is 40.0. The maximum Gasteiger partial charge on any atom is 0.305 e. The Morgan fingerprint density at radius 3 is 2.32 bits per heavy atom. The average molecular weight is 793 g/mol. The lowest BCUT2D eigenvalue weighted by Crippen LogP contribution is -2.65. The Bertz CT molecular complexity index is 2050. The summed E-state index contributed by atoms with van der Waals surface area (Å²) in [6.07, 6.45) is 7.06. The van der Waals surface area contributed by atoms with Gasteiger partial charge in [-0.15, -0.1) is 0 Å². The molecule has 3 aliphatic heterocycles. The van der Waals surface area contributed by atoms with E-state index < -0.39 is 27.2 Å². The third-order valence-corrected chi connectivity index (χ3v) is 14.5. The van der Waals surface area contributed by atoms with E-state index in [9.17, 15) is 18.0 Å². The van der Waals surface area contributed by atoms with Crippen LogP contribution in [0.5, 0.6) is 0 Å². The predicted octanol–water partition coefficient (Wildman–Crippen LogP) is 6.79. The zero-order valence-corrected chi connectivity index (χ0v) is 32.7. The minimum absolute atomic E-state index is 0.0273. The molecule has 1 saturated carbocycles. The Kier molecular flexibility index (Phi) is 11.7. The summed E-state index contributed by atoms with van der Waals surface area (Å²) in [7, 11) is -2.68. The number of hydrogen-bond acceptors (Lipinski definition) is 8. The molecule has 56 heavy (non-hydrogen) atoms. The number of nitrogens with zero attached hydrogens (tertiary/aromatic N) is 3. The number of esters is 1. The number of piperidine rings is 1. The summed E-state index contributed by atoms with van der Waals surface area (Å²) in [5.41, 5.74) is -0.562. The van der Waals surface area contributed by atoms with Crippen molar-refractivity contribution in [1.29, 1.82) is 0 Å². The molecule has 3 saturated heterocycles. The van der Waals surface area contributed by atoms with Gasteiger partial charge < -0.3 is 19.9 Å². The molecule has 1 aliphatic carbocycles. The highest BCUT2D eigenvalue weighted by Gasteiger charge is 2.53. The Balaban J connectivity index is 1.03. The highest BCUT2D eigenvalue weighted by atomic mass is 32.2. The highest BCUT2D eigenvalue weighted by molar-refractivity contribution is 7.91. The van der Waals surface area contributed by atoms with E-state index in [4.69, 9.17) is 4.74 Å². The van der Waals surface area contributed by atoms with Crippen molar-refractivity contribution in [2.24, 2.45) is 17.8 Å². The van der Waals surface area contributed by atoms with Crippen molar-refractivity contribution in [3.8, 4) is 0 Å². The van der Waals surface area contributed by atoms with Gasteiger partial charge in [0.25, 0.3) is 0 Å². The van der Waals surface area contributed by atoms with Crippen molar-refractivity contribution in [3.63, 3.8) is 0 Å². The summed E-state index contributed by atoms with van der Waals surface area (Å²) in [6, 6.07) is 16.4. The lowest BCUT2D eigenvalue weighted by molar-refractivity contribution is -0.142. The van der Waals surface area contributed by atoms with E-state index in [1.807, 2.05) is 0 Å². The normalized spacial score (nSPS) is 22.8. The van der Waals surface area contributed by atoms with Crippen LogP contribution in [0.25, 0.3) is 0 Å². The molecule has 1 N–H and O–H groups in total. The van der Waals surface area contributed by atoms with Crippen LogP contribution >= 0.6 is 0 Å². The number of sulfone groups is 1. The number of likely N-dealkylation sites (tertiary alicyclic amines) is 2. The molecule has 0 unspecified atom stereocenters. The van der Waals surface area contributed by atoms with E-state index in [1.54, 1.807) is 17.0 Å². The maximum atomic E-state index is 16.3. The number of carbonyl (C=O) groups excluding carboxylic acids is 2. The quantitative estimate of drug-likeness (QED) is 0.141. The second-order valence-corrected chi connectivity index (χ2v) is 18.1. The topological polar surface area (TPSA) is 99.3 Å². The van der Waals surface area contributed by atoms with Crippen molar-refractivity contribution in [1.82, 2.24) is 9.80 Å². The molecule has 13 heteroatoms. The molecule has 0 radical (unpaired) electrons. The number of methoxy groups -OCH3 is 1. The first-order chi connectivity index (χ1) is 26.8. The van der Waals surface area contributed by atoms with Crippen LogP contribution in [0, 0.1) is 29.4 Å². The van der Waals surface area contributed by atoms with Crippen molar-refractivity contribution >= 4 is 33.1 Å². The van der Waals surface area contributed by atoms with Crippen LogP contribution in [0.2, 0.25) is 0 Å². The van der Waals surface area contributed by atoms with Crippen LogP contribution in [0.1, 0.15) is 50.5 Å². The summed E-state index contributed by atoms with van der Waals surface area (Å²) in [4.78, 5) is 30.1. The highest BCUT2D eigenvalue weighted by Crippen LogP contribution is 2.54. The Hall–Kier alpha value is -4.20. The molecule has 0 spiro atoms. The molecule has 300 valence electrons. The van der Waals surface area contributed by atoms with E-state index in [2.05, 4.69) is 27.8 Å². The van der Waals surface area contributed by atoms with E-state index in [0.29, 0.717) is 19.5 Å². The molecule has 4 aliphatic rings. The average Bonchev–Trinajstić information content (AvgIpc) is 3.62. The molecule has 3 atom stereocenters. The van der Waals surface area contributed by atoms with Gasteiger partial charge in [0.05, 0.1) is 35.7 Å². The van der Waals surface area contributed by atoms with Gasteiger partial charge in [0.2, 0.25) is 15.7 Å². The van der Waals surface area contributed by atoms with Crippen LogP contribution in [0.15, 0.2) is 89.2 Å². The smallest absolute Gasteiger partial charge is 0.305 e. The van der Waals surface area contributed by atoms with Crippen molar-refractivity contribution in [2.45, 2.75) is 65.8 Å². The van der Waals surface area contributed by atoms with Crippen LogP contribution in [-0.4, -0.2) is 95.2 Å². The van der Waals surface area contributed by atoms with Gasteiger partial charge in [-0.2, -0.15) is 0 Å². The third kappa shape index (κ3) is 8.13. The SMILES string of the molecule is C=CC(=O)Nc1cccc(S(=O)(=O)c2ccc(N3CC(F)(CN4CCC([C@@](CN5CCC5)(c5cccc(F)c5)[C@H]5CCC[C@@H]5CC(=O)OC)CC4)C3)c(F)c2)c1. The molecule has 0 bridgehead atoms. The van der Waals surface area contributed by atoms with Crippen LogP contribution in [0.3, 0.4) is 0 Å². The summed E-state index contributed by atoms with van der Waals surface area (Å²) >= 11 is 0. The summed E-state index contributed by atoms with van der Waals surface area (Å²) in [5.74, 6) is -1.22. The number of halogens is 3. The fourth-order valence-corrected chi connectivity index (χ4v) is 11.2. The summed E-state index contributed by atoms with van der Waals surface area (Å²) in [5, 5.41) is 2.52. The van der Waals surface area contributed by atoms with Crippen molar-refractivity contribution in [2.75, 3.05) is 69.7 Å². The van der Waals surface area contributed by atoms with Gasteiger partial charge >= 0.3 is 5.97 Å². The Morgan fingerprint density at radius 2 is 1.66 bits per heavy atom. The molecule has 0 aromatic heterocycles. The van der Waals surface area contributed by atoms with Crippen LogP contribution in [0.4, 0.5) is 24.5 Å². The van der Waals surface area contributed by atoms with Crippen molar-refractivity contribution in [3.05, 3.63) is 96.6 Å². The van der Waals surface area contributed by atoms with Gasteiger partial charge in [0.1, 0.15) is 11.6 Å². The molecule has 3 aromatic rings. The van der Waals surface area contributed by atoms with E-state index in [-0.39, 0.29) is 75.8 Å². The molecule has 3 aromatic carbocycles. The predicted molar refractivity (Wildman–Crippen MR) is 209 cm³/mol. The van der Waals surface area contributed by atoms with Crippen molar-refractivity contribution < 1.29 is 35.9 Å². The van der Waals surface area contributed by atoms with Gasteiger partial charge in [0, 0.05) is 30.6 Å². The van der Waals surface area contributed by atoms with Gasteiger partial charge in [-0.1, -0.05) is 31.2 Å². The summed E-state index contributed by atoms with van der Waals surface area (Å²) < 4.78 is 78.6. The number of anilines is 2. The number of ether oxygens (including phenoxy) is 1. The number of amides is 1. The van der Waals surface area contributed by atoms with Gasteiger partial charge in [-0.25, -0.2) is 21.6 Å². The minimum Gasteiger partial charge on any atom is -0.469 e. The lowest BCUT2D eigenvalue weighted by atomic mass is 9.56. The number of carbonyl (C=O) groups is 2. The Labute approximate surface area is 327 Å². The molecule has 9 nitrogen and oxygen atoms in total. The van der Waals surface area contributed by atoms with Gasteiger partial charge in [0.15, 0.2) is 5.67 Å². The molecule has 4 fully saturated rings. The first-order valence-corrected chi connectivity index (χ1v) is 21.1. The number of benzene rings is 3. The van der Waals surface area contributed by atoms with E-state index in [0.717, 1.165) is 75.9 Å². The van der Waals surface area contributed by atoms with Crippen LogP contribution in [-0.2, 0) is 29.6 Å². The number of alkyl halides is 1. The minimum atomic E-state index is -4.11. The Morgan fingerprint density at radius 1 is 0.929 bits per heavy atom. The lowest BCUT2D eigenvalue weighted by Gasteiger charge is -2.54. The van der Waals surface area contributed by atoms with Gasteiger partial charge in [-0.05, 0) is 136 Å². The van der Waals surface area contributed by atoms with Gasteiger partial charge in [-0.3, -0.25) is 14.5 Å². The first-order valence-electron chi connectivity index (χ1n) is 19.6. The zero-order chi connectivity index (χ0) is 39.7. The number of nitrogens with one attached hydrogen (secondary N) is 1. The molecule has 1 amide bonds. The largest absolute Gasteiger partial charge is 0.469 e. The monoisotopic (exact) mass is 792 g/mol. The molecular formula is C43H51F3N4O5S. The molecular weight excluding hydrogens is 742 g/mol. The number of hydrogen-bond donors (Lipinski definition) is 1. The second kappa shape index (κ2) is 16.3. The molecule has 7 rings (SSSR count). The van der Waals surface area contributed by atoms with E-state index in [1.165, 1.54) is 49.6 Å². The van der Waals surface area contributed by atoms with E-state index >= 15 is 13.2 Å².